The second-order valence-corrected chi connectivity index (χ2v) is 9.78. The van der Waals surface area contributed by atoms with Crippen LogP contribution in [0.3, 0.4) is 0 Å². The molecule has 1 fully saturated rings. The molecule has 38 heavy (non-hydrogen) atoms. The average Bonchev–Trinajstić information content (AvgIpc) is 3.66. The van der Waals surface area contributed by atoms with E-state index >= 15 is 0 Å². The molecule has 2 atom stereocenters. The summed E-state index contributed by atoms with van der Waals surface area (Å²) in [5, 5.41) is 0. The molecule has 1 aliphatic heterocycles. The van der Waals surface area contributed by atoms with E-state index in [0.717, 1.165) is 36.2 Å². The van der Waals surface area contributed by atoms with Crippen LogP contribution in [-0.4, -0.2) is 51.9 Å². The highest BCUT2D eigenvalue weighted by Crippen LogP contribution is 2.41. The lowest BCUT2D eigenvalue weighted by Crippen LogP contribution is -2.40. The van der Waals surface area contributed by atoms with Crippen LogP contribution in [0, 0.1) is 5.92 Å². The number of carbonyl (C=O) groups excluding carboxylic acids is 2. The molecule has 4 aromatic rings. The van der Waals surface area contributed by atoms with Crippen molar-refractivity contribution >= 4 is 11.8 Å². The Bertz CT molecular complexity index is 1270. The van der Waals surface area contributed by atoms with E-state index in [1.54, 1.807) is 19.4 Å². The molecule has 2 unspecified atom stereocenters. The van der Waals surface area contributed by atoms with Crippen LogP contribution in [0.4, 0.5) is 0 Å². The number of carbonyl (C=O) groups is 2. The SMILES string of the molecule is CCN1CCC(C(=O)OC(C)C(=O)c2cncn2C(c2ccccc2)(c2ccccc2)c2ccccc2)C1. The summed E-state index contributed by atoms with van der Waals surface area (Å²) in [7, 11) is 0. The van der Waals surface area contributed by atoms with E-state index < -0.39 is 11.6 Å². The molecule has 0 spiro atoms. The number of imidazole rings is 1. The molecular formula is C32H33N3O3. The first-order valence-corrected chi connectivity index (χ1v) is 13.2. The van der Waals surface area contributed by atoms with Gasteiger partial charge in [-0.15, -0.1) is 0 Å². The Kier molecular flexibility index (Phi) is 7.52. The Hall–Kier alpha value is -4.03. The largest absolute Gasteiger partial charge is 0.454 e. The summed E-state index contributed by atoms with van der Waals surface area (Å²) in [5.41, 5.74) is 2.46. The van der Waals surface area contributed by atoms with Crippen LogP contribution in [0.25, 0.3) is 0 Å². The average molecular weight is 508 g/mol. The maximum atomic E-state index is 13.9. The van der Waals surface area contributed by atoms with Crippen molar-refractivity contribution in [3.63, 3.8) is 0 Å². The van der Waals surface area contributed by atoms with E-state index in [1.807, 2.05) is 59.2 Å². The van der Waals surface area contributed by atoms with E-state index in [4.69, 9.17) is 4.74 Å². The number of ether oxygens (including phenoxy) is 1. The lowest BCUT2D eigenvalue weighted by Gasteiger charge is -2.38. The van der Waals surface area contributed by atoms with Crippen LogP contribution in [0.2, 0.25) is 0 Å². The van der Waals surface area contributed by atoms with Gasteiger partial charge >= 0.3 is 5.97 Å². The summed E-state index contributed by atoms with van der Waals surface area (Å²) in [6, 6.07) is 30.3. The van der Waals surface area contributed by atoms with Crippen LogP contribution < -0.4 is 0 Å². The summed E-state index contributed by atoms with van der Waals surface area (Å²) in [4.78, 5) is 33.5. The van der Waals surface area contributed by atoms with Crippen molar-refractivity contribution in [2.45, 2.75) is 31.9 Å². The lowest BCUT2D eigenvalue weighted by atomic mass is 9.76. The highest BCUT2D eigenvalue weighted by molar-refractivity contribution is 5.99. The van der Waals surface area contributed by atoms with Gasteiger partial charge in [-0.05, 0) is 43.1 Å². The number of esters is 1. The molecule has 194 valence electrons. The van der Waals surface area contributed by atoms with Crippen molar-refractivity contribution in [1.82, 2.24) is 14.5 Å². The Balaban J connectivity index is 1.58. The minimum absolute atomic E-state index is 0.202. The number of hydrogen-bond donors (Lipinski definition) is 0. The molecule has 2 heterocycles. The summed E-state index contributed by atoms with van der Waals surface area (Å²) in [6.07, 6.45) is 3.09. The van der Waals surface area contributed by atoms with Crippen molar-refractivity contribution in [2.75, 3.05) is 19.6 Å². The molecule has 6 nitrogen and oxygen atoms in total. The Labute approximate surface area is 223 Å². The van der Waals surface area contributed by atoms with Crippen LogP contribution >= 0.6 is 0 Å². The van der Waals surface area contributed by atoms with Crippen molar-refractivity contribution < 1.29 is 14.3 Å². The second kappa shape index (κ2) is 11.2. The molecule has 5 rings (SSSR count). The quantitative estimate of drug-likeness (QED) is 0.177. The number of rotatable bonds is 9. The predicted octanol–water partition coefficient (Wildman–Crippen LogP) is 5.18. The molecule has 0 aliphatic carbocycles. The van der Waals surface area contributed by atoms with Gasteiger partial charge in [0.2, 0.25) is 5.78 Å². The van der Waals surface area contributed by atoms with Crippen molar-refractivity contribution in [3.05, 3.63) is 126 Å². The third-order valence-corrected chi connectivity index (χ3v) is 7.54. The Morgan fingerprint density at radius 3 is 1.92 bits per heavy atom. The molecule has 3 aromatic carbocycles. The fourth-order valence-electron chi connectivity index (χ4n) is 5.54. The molecule has 1 aliphatic rings. The molecule has 0 bridgehead atoms. The second-order valence-electron chi connectivity index (χ2n) is 9.78. The standard InChI is InChI=1S/C32H33N3O3/c1-3-34-20-19-25(22-34)31(37)38-24(2)30(36)29-21-33-23-35(29)32(26-13-7-4-8-14-26,27-15-9-5-10-16-27)28-17-11-6-12-18-28/h4-18,21,23-25H,3,19-20,22H2,1-2H3. The number of nitrogens with zero attached hydrogens (tertiary/aromatic N) is 3. The molecule has 6 heteroatoms. The van der Waals surface area contributed by atoms with Crippen LogP contribution in [0.1, 0.15) is 47.4 Å². The number of ketones is 1. The minimum atomic E-state index is -0.936. The van der Waals surface area contributed by atoms with Gasteiger partial charge in [-0.2, -0.15) is 0 Å². The molecule has 0 amide bonds. The van der Waals surface area contributed by atoms with Gasteiger partial charge < -0.3 is 14.2 Å². The van der Waals surface area contributed by atoms with Gasteiger partial charge in [-0.1, -0.05) is 97.9 Å². The first kappa shape index (κ1) is 25.6. The highest BCUT2D eigenvalue weighted by Gasteiger charge is 2.41. The molecule has 0 radical (unpaired) electrons. The van der Waals surface area contributed by atoms with Crippen LogP contribution in [0.5, 0.6) is 0 Å². The van der Waals surface area contributed by atoms with E-state index in [1.165, 1.54) is 0 Å². The van der Waals surface area contributed by atoms with Gasteiger partial charge in [-0.25, -0.2) is 4.98 Å². The van der Waals surface area contributed by atoms with Gasteiger partial charge in [-0.3, -0.25) is 9.59 Å². The Morgan fingerprint density at radius 1 is 0.921 bits per heavy atom. The van der Waals surface area contributed by atoms with Crippen molar-refractivity contribution in [1.29, 1.82) is 0 Å². The smallest absolute Gasteiger partial charge is 0.311 e. The van der Waals surface area contributed by atoms with E-state index in [-0.39, 0.29) is 17.7 Å². The normalized spacial score (nSPS) is 16.7. The summed E-state index contributed by atoms with van der Waals surface area (Å²) in [5.74, 6) is -0.797. The lowest BCUT2D eigenvalue weighted by molar-refractivity contribution is -0.150. The zero-order valence-corrected chi connectivity index (χ0v) is 21.9. The highest BCUT2D eigenvalue weighted by atomic mass is 16.5. The third-order valence-electron chi connectivity index (χ3n) is 7.54. The third kappa shape index (κ3) is 4.68. The molecule has 1 saturated heterocycles. The van der Waals surface area contributed by atoms with Gasteiger partial charge in [0, 0.05) is 6.54 Å². The number of hydrogen-bond acceptors (Lipinski definition) is 5. The monoisotopic (exact) mass is 507 g/mol. The zero-order valence-electron chi connectivity index (χ0n) is 21.9. The first-order valence-electron chi connectivity index (χ1n) is 13.2. The number of benzene rings is 3. The maximum Gasteiger partial charge on any atom is 0.311 e. The summed E-state index contributed by atoms with van der Waals surface area (Å²) >= 11 is 0. The predicted molar refractivity (Wildman–Crippen MR) is 147 cm³/mol. The van der Waals surface area contributed by atoms with Crippen molar-refractivity contribution in [3.8, 4) is 0 Å². The Morgan fingerprint density at radius 2 is 1.45 bits per heavy atom. The molecule has 0 saturated carbocycles. The van der Waals surface area contributed by atoms with Gasteiger partial charge in [0.05, 0.1) is 18.4 Å². The molecule has 1 aromatic heterocycles. The first-order chi connectivity index (χ1) is 18.6. The molecular weight excluding hydrogens is 474 g/mol. The van der Waals surface area contributed by atoms with E-state index in [0.29, 0.717) is 12.2 Å². The van der Waals surface area contributed by atoms with Crippen LogP contribution in [-0.2, 0) is 15.1 Å². The van der Waals surface area contributed by atoms with E-state index in [9.17, 15) is 9.59 Å². The summed E-state index contributed by atoms with van der Waals surface area (Å²) in [6.45, 7) is 6.18. The molecule has 0 N–H and O–H groups in total. The van der Waals surface area contributed by atoms with Gasteiger partial charge in [0.15, 0.2) is 6.10 Å². The van der Waals surface area contributed by atoms with E-state index in [2.05, 4.69) is 53.2 Å². The van der Waals surface area contributed by atoms with Gasteiger partial charge in [0.25, 0.3) is 0 Å². The van der Waals surface area contributed by atoms with Crippen LogP contribution in [0.15, 0.2) is 104 Å². The van der Waals surface area contributed by atoms with Gasteiger partial charge in [0.1, 0.15) is 11.2 Å². The number of likely N-dealkylation sites (tertiary alicyclic amines) is 1. The maximum absolute atomic E-state index is 13.9. The fourth-order valence-corrected chi connectivity index (χ4v) is 5.54. The number of Topliss-reactive ketones (excluding diaryl/α,β-unsaturated/α-hetero) is 1. The number of aromatic nitrogens is 2. The fraction of sp³-hybridized carbons (Fsp3) is 0.281. The summed E-state index contributed by atoms with van der Waals surface area (Å²) < 4.78 is 7.67. The zero-order chi connectivity index (χ0) is 26.5. The topological polar surface area (TPSA) is 64.4 Å². The van der Waals surface area contributed by atoms with Crippen molar-refractivity contribution in [2.24, 2.45) is 5.92 Å². The minimum Gasteiger partial charge on any atom is -0.454 e.